The predicted molar refractivity (Wildman–Crippen MR) is 75.6 cm³/mol. The fraction of sp³-hybridized carbons (Fsp3) is 0.667. The summed E-state index contributed by atoms with van der Waals surface area (Å²) in [6.07, 6.45) is 3.16. The van der Waals surface area contributed by atoms with Crippen LogP contribution in [0.2, 0.25) is 0 Å². The Morgan fingerprint density at radius 1 is 1.50 bits per heavy atom. The van der Waals surface area contributed by atoms with E-state index in [4.69, 9.17) is 11.6 Å². The monoisotopic (exact) mass is 307 g/mol. The molecule has 0 bridgehead atoms. The Labute approximate surface area is 118 Å². The molecule has 1 fully saturated rings. The third-order valence-electron chi connectivity index (χ3n) is 3.03. The molecule has 0 aliphatic heterocycles. The minimum atomic E-state index is -3.32. The fourth-order valence-corrected chi connectivity index (χ4v) is 4.85. The van der Waals surface area contributed by atoms with Gasteiger partial charge in [0.25, 0.3) is 0 Å². The van der Waals surface area contributed by atoms with Crippen molar-refractivity contribution in [1.82, 2.24) is 4.31 Å². The van der Waals surface area contributed by atoms with Gasteiger partial charge in [0.2, 0.25) is 10.0 Å². The molecular weight excluding hydrogens is 290 g/mol. The molecule has 1 saturated carbocycles. The number of rotatable bonds is 7. The topological polar surface area (TPSA) is 37.4 Å². The summed E-state index contributed by atoms with van der Waals surface area (Å²) in [7, 11) is -3.32. The lowest BCUT2D eigenvalue weighted by Gasteiger charge is -2.20. The molecule has 0 radical (unpaired) electrons. The van der Waals surface area contributed by atoms with Gasteiger partial charge >= 0.3 is 0 Å². The van der Waals surface area contributed by atoms with E-state index in [1.54, 1.807) is 15.8 Å². The average Bonchev–Trinajstić information content (AvgIpc) is 3.02. The van der Waals surface area contributed by atoms with Crippen molar-refractivity contribution in [1.29, 1.82) is 0 Å². The standard InChI is InChI=1S/C12H18ClNO2S2/c1-2-5-14(8-10-3-4-10)18(15,16)12-6-11(7-13)17-9-12/h6,9-10H,2-5,7-8H2,1H3. The highest BCUT2D eigenvalue weighted by molar-refractivity contribution is 7.89. The summed E-state index contributed by atoms with van der Waals surface area (Å²) in [6.45, 7) is 3.28. The minimum Gasteiger partial charge on any atom is -0.207 e. The fourth-order valence-electron chi connectivity index (χ4n) is 1.86. The van der Waals surface area contributed by atoms with Crippen LogP contribution in [0.25, 0.3) is 0 Å². The molecule has 1 aromatic rings. The number of alkyl halides is 1. The van der Waals surface area contributed by atoms with E-state index in [1.807, 2.05) is 6.92 Å². The van der Waals surface area contributed by atoms with Gasteiger partial charge in [0.1, 0.15) is 0 Å². The van der Waals surface area contributed by atoms with Crippen LogP contribution in [0.5, 0.6) is 0 Å². The third kappa shape index (κ3) is 3.26. The average molecular weight is 308 g/mol. The van der Waals surface area contributed by atoms with E-state index in [0.29, 0.717) is 29.8 Å². The molecule has 6 heteroatoms. The molecular formula is C12H18ClNO2S2. The van der Waals surface area contributed by atoms with Crippen molar-refractivity contribution in [3.63, 3.8) is 0 Å². The Morgan fingerprint density at radius 3 is 2.72 bits per heavy atom. The number of hydrogen-bond donors (Lipinski definition) is 0. The first-order chi connectivity index (χ1) is 8.57. The van der Waals surface area contributed by atoms with Crippen LogP contribution >= 0.6 is 22.9 Å². The first-order valence-corrected chi connectivity index (χ1v) is 9.07. The van der Waals surface area contributed by atoms with Crippen molar-refractivity contribution in [2.24, 2.45) is 5.92 Å². The highest BCUT2D eigenvalue weighted by Crippen LogP contribution is 2.32. The van der Waals surface area contributed by atoms with E-state index >= 15 is 0 Å². The van der Waals surface area contributed by atoms with Crippen LogP contribution in [0, 0.1) is 5.92 Å². The summed E-state index contributed by atoms with van der Waals surface area (Å²) in [6, 6.07) is 1.70. The van der Waals surface area contributed by atoms with E-state index in [0.717, 1.165) is 24.1 Å². The molecule has 102 valence electrons. The van der Waals surface area contributed by atoms with Gasteiger partial charge in [-0.25, -0.2) is 8.42 Å². The Hall–Kier alpha value is -0.100. The Bertz CT molecular complexity index is 494. The Balaban J connectivity index is 2.19. The molecule has 1 aliphatic rings. The molecule has 0 unspecified atom stereocenters. The van der Waals surface area contributed by atoms with Crippen LogP contribution in [0.15, 0.2) is 16.3 Å². The maximum Gasteiger partial charge on any atom is 0.243 e. The molecule has 0 aromatic carbocycles. The number of nitrogens with zero attached hydrogens (tertiary/aromatic N) is 1. The van der Waals surface area contributed by atoms with Crippen LogP contribution in [0.1, 0.15) is 31.1 Å². The van der Waals surface area contributed by atoms with Crippen molar-refractivity contribution >= 4 is 33.0 Å². The SMILES string of the molecule is CCCN(CC1CC1)S(=O)(=O)c1csc(CCl)c1. The predicted octanol–water partition coefficient (Wildman–Crippen LogP) is 3.30. The summed E-state index contributed by atoms with van der Waals surface area (Å²) in [4.78, 5) is 1.30. The first-order valence-electron chi connectivity index (χ1n) is 6.21. The highest BCUT2D eigenvalue weighted by Gasteiger charge is 2.31. The van der Waals surface area contributed by atoms with E-state index in [-0.39, 0.29) is 0 Å². The van der Waals surface area contributed by atoms with E-state index in [9.17, 15) is 8.42 Å². The zero-order valence-corrected chi connectivity index (χ0v) is 12.8. The van der Waals surface area contributed by atoms with Crippen LogP contribution in [-0.4, -0.2) is 25.8 Å². The van der Waals surface area contributed by atoms with Gasteiger partial charge in [0.15, 0.2) is 0 Å². The second-order valence-electron chi connectivity index (χ2n) is 4.69. The molecule has 1 heterocycles. The van der Waals surface area contributed by atoms with E-state index in [1.165, 1.54) is 11.3 Å². The molecule has 18 heavy (non-hydrogen) atoms. The van der Waals surface area contributed by atoms with Gasteiger partial charge < -0.3 is 0 Å². The van der Waals surface area contributed by atoms with Gasteiger partial charge in [-0.15, -0.1) is 22.9 Å². The lowest BCUT2D eigenvalue weighted by atomic mass is 10.4. The van der Waals surface area contributed by atoms with Gasteiger partial charge in [-0.3, -0.25) is 0 Å². The number of hydrogen-bond acceptors (Lipinski definition) is 3. The molecule has 0 spiro atoms. The molecule has 3 nitrogen and oxygen atoms in total. The number of halogens is 1. The second-order valence-corrected chi connectivity index (χ2v) is 7.89. The normalized spacial score (nSPS) is 16.4. The molecule has 0 amide bonds. The third-order valence-corrected chi connectivity index (χ3v) is 6.41. The molecule has 0 atom stereocenters. The molecule has 1 aromatic heterocycles. The van der Waals surface area contributed by atoms with Crippen molar-refractivity contribution in [3.8, 4) is 0 Å². The van der Waals surface area contributed by atoms with Crippen molar-refractivity contribution in [3.05, 3.63) is 16.3 Å². The van der Waals surface area contributed by atoms with Crippen LogP contribution in [0.3, 0.4) is 0 Å². The van der Waals surface area contributed by atoms with Gasteiger partial charge in [0, 0.05) is 23.3 Å². The van der Waals surface area contributed by atoms with Crippen molar-refractivity contribution in [2.75, 3.05) is 13.1 Å². The lowest BCUT2D eigenvalue weighted by Crippen LogP contribution is -2.33. The summed E-state index contributed by atoms with van der Waals surface area (Å²) in [5.41, 5.74) is 0. The molecule has 0 saturated heterocycles. The number of sulfonamides is 1. The van der Waals surface area contributed by atoms with Crippen molar-refractivity contribution in [2.45, 2.75) is 37.0 Å². The summed E-state index contributed by atoms with van der Waals surface area (Å²) in [5.74, 6) is 0.939. The minimum absolute atomic E-state index is 0.372. The molecule has 1 aliphatic carbocycles. The van der Waals surface area contributed by atoms with Gasteiger partial charge in [-0.2, -0.15) is 4.31 Å². The van der Waals surface area contributed by atoms with Gasteiger partial charge in [0.05, 0.1) is 10.8 Å². The summed E-state index contributed by atoms with van der Waals surface area (Å²) in [5, 5.41) is 1.70. The Morgan fingerprint density at radius 2 is 2.22 bits per heavy atom. The molecule has 0 N–H and O–H groups in total. The van der Waals surface area contributed by atoms with Gasteiger partial charge in [-0.1, -0.05) is 6.92 Å². The van der Waals surface area contributed by atoms with E-state index < -0.39 is 10.0 Å². The quantitative estimate of drug-likeness (QED) is 0.725. The van der Waals surface area contributed by atoms with Gasteiger partial charge in [-0.05, 0) is 31.2 Å². The second kappa shape index (κ2) is 5.90. The largest absolute Gasteiger partial charge is 0.243 e. The zero-order chi connectivity index (χ0) is 13.2. The maximum absolute atomic E-state index is 12.5. The smallest absolute Gasteiger partial charge is 0.207 e. The first kappa shape index (κ1) is 14.3. The number of thiophene rings is 1. The molecule has 2 rings (SSSR count). The van der Waals surface area contributed by atoms with Crippen molar-refractivity contribution < 1.29 is 8.42 Å². The Kier molecular flexibility index (Phi) is 4.69. The van der Waals surface area contributed by atoms with Crippen LogP contribution in [0.4, 0.5) is 0 Å². The lowest BCUT2D eigenvalue weighted by molar-refractivity contribution is 0.396. The maximum atomic E-state index is 12.5. The summed E-state index contributed by atoms with van der Waals surface area (Å²) >= 11 is 7.14. The highest BCUT2D eigenvalue weighted by atomic mass is 35.5. The van der Waals surface area contributed by atoms with Crippen LogP contribution < -0.4 is 0 Å². The van der Waals surface area contributed by atoms with E-state index in [2.05, 4.69) is 0 Å². The van der Waals surface area contributed by atoms with Crippen LogP contribution in [-0.2, 0) is 15.9 Å². The zero-order valence-electron chi connectivity index (χ0n) is 10.4. The summed E-state index contributed by atoms with van der Waals surface area (Å²) < 4.78 is 26.6.